The molecule has 2 aromatic rings. The van der Waals surface area contributed by atoms with E-state index < -0.39 is 11.6 Å². The van der Waals surface area contributed by atoms with Crippen LogP contribution in [0.2, 0.25) is 0 Å². The first kappa shape index (κ1) is 15.2. The highest BCUT2D eigenvalue weighted by Gasteiger charge is 2.13. The number of rotatable bonds is 7. The largest absolute Gasteiger partial charge is 0.368 e. The number of pyridine rings is 1. The van der Waals surface area contributed by atoms with Crippen molar-refractivity contribution in [1.82, 2.24) is 14.8 Å². The lowest BCUT2D eigenvalue weighted by atomic mass is 10.3. The van der Waals surface area contributed by atoms with E-state index >= 15 is 0 Å². The predicted octanol–water partition coefficient (Wildman–Crippen LogP) is 2.88. The van der Waals surface area contributed by atoms with Gasteiger partial charge in [0.2, 0.25) is 0 Å². The quantitative estimate of drug-likeness (QED) is 0.824. The summed E-state index contributed by atoms with van der Waals surface area (Å²) in [5.41, 5.74) is 0. The van der Waals surface area contributed by atoms with Crippen molar-refractivity contribution in [3.8, 4) is 0 Å². The van der Waals surface area contributed by atoms with Crippen LogP contribution >= 0.6 is 0 Å². The zero-order valence-electron chi connectivity index (χ0n) is 12.1. The summed E-state index contributed by atoms with van der Waals surface area (Å²) in [5, 5.41) is 9.86. The number of nitrogens with zero attached hydrogens (tertiary/aromatic N) is 3. The van der Waals surface area contributed by atoms with Crippen molar-refractivity contribution in [2.75, 3.05) is 17.2 Å². The molecule has 2 rings (SSSR count). The maximum absolute atomic E-state index is 13.8. The number of hydrogen-bond donors (Lipinski definition) is 2. The van der Waals surface area contributed by atoms with E-state index in [4.69, 9.17) is 0 Å². The van der Waals surface area contributed by atoms with Gasteiger partial charge in [-0.3, -0.25) is 4.68 Å². The Labute approximate surface area is 122 Å². The van der Waals surface area contributed by atoms with E-state index in [-0.39, 0.29) is 17.7 Å². The van der Waals surface area contributed by atoms with E-state index in [9.17, 15) is 8.78 Å². The molecule has 114 valence electrons. The van der Waals surface area contributed by atoms with Crippen molar-refractivity contribution in [1.29, 1.82) is 0 Å². The van der Waals surface area contributed by atoms with E-state index in [2.05, 4.69) is 20.7 Å². The Balaban J connectivity index is 2.07. The Hall–Kier alpha value is -2.18. The molecule has 0 bridgehead atoms. The lowest BCUT2D eigenvalue weighted by Gasteiger charge is -2.16. The summed E-state index contributed by atoms with van der Waals surface area (Å²) in [7, 11) is 0. The van der Waals surface area contributed by atoms with Crippen LogP contribution < -0.4 is 10.6 Å². The van der Waals surface area contributed by atoms with Crippen LogP contribution in [0, 0.1) is 11.6 Å². The SMILES string of the molecule is CCCNc1nc(NC(C)Cn2cccn2)c(F)cc1F. The Kier molecular flexibility index (Phi) is 5.08. The number of halogens is 2. The molecule has 7 heteroatoms. The lowest BCUT2D eigenvalue weighted by molar-refractivity contribution is 0.546. The zero-order valence-corrected chi connectivity index (χ0v) is 12.1. The smallest absolute Gasteiger partial charge is 0.168 e. The second-order valence-electron chi connectivity index (χ2n) is 4.85. The van der Waals surface area contributed by atoms with E-state index in [0.717, 1.165) is 12.5 Å². The topological polar surface area (TPSA) is 54.8 Å². The fourth-order valence-corrected chi connectivity index (χ4v) is 1.90. The Morgan fingerprint density at radius 1 is 1.29 bits per heavy atom. The summed E-state index contributed by atoms with van der Waals surface area (Å²) in [6.45, 7) is 4.98. The first-order chi connectivity index (χ1) is 10.1. The maximum atomic E-state index is 13.8. The summed E-state index contributed by atoms with van der Waals surface area (Å²) >= 11 is 0. The highest BCUT2D eigenvalue weighted by molar-refractivity contribution is 5.47. The third kappa shape index (κ3) is 4.14. The van der Waals surface area contributed by atoms with Crippen LogP contribution in [0.25, 0.3) is 0 Å². The van der Waals surface area contributed by atoms with E-state index in [1.165, 1.54) is 0 Å². The molecule has 0 aliphatic heterocycles. The Morgan fingerprint density at radius 2 is 2.05 bits per heavy atom. The van der Waals surface area contributed by atoms with Gasteiger partial charge in [-0.25, -0.2) is 13.8 Å². The molecule has 5 nitrogen and oxygen atoms in total. The van der Waals surface area contributed by atoms with Gasteiger partial charge in [-0.05, 0) is 19.4 Å². The van der Waals surface area contributed by atoms with Gasteiger partial charge in [0.15, 0.2) is 23.3 Å². The van der Waals surface area contributed by atoms with E-state index in [1.54, 1.807) is 10.9 Å². The third-order valence-electron chi connectivity index (χ3n) is 2.88. The molecule has 0 amide bonds. The van der Waals surface area contributed by atoms with Crippen molar-refractivity contribution < 1.29 is 8.78 Å². The predicted molar refractivity (Wildman–Crippen MR) is 78.2 cm³/mol. The van der Waals surface area contributed by atoms with Gasteiger partial charge in [0.05, 0.1) is 6.54 Å². The Bertz CT molecular complexity index is 571. The lowest BCUT2D eigenvalue weighted by Crippen LogP contribution is -2.24. The molecule has 0 saturated carbocycles. The summed E-state index contributed by atoms with van der Waals surface area (Å²) in [4.78, 5) is 3.98. The molecule has 0 radical (unpaired) electrons. The van der Waals surface area contributed by atoms with Crippen molar-refractivity contribution in [3.05, 3.63) is 36.2 Å². The second-order valence-corrected chi connectivity index (χ2v) is 4.85. The number of hydrogen-bond acceptors (Lipinski definition) is 4. The minimum Gasteiger partial charge on any atom is -0.368 e. The molecular weight excluding hydrogens is 276 g/mol. The summed E-state index contributed by atoms with van der Waals surface area (Å²) < 4.78 is 29.1. The van der Waals surface area contributed by atoms with Crippen LogP contribution in [0.4, 0.5) is 20.4 Å². The maximum Gasteiger partial charge on any atom is 0.168 e. The molecule has 1 atom stereocenters. The molecule has 0 aliphatic carbocycles. The standard InChI is InChI=1S/C14H19F2N5/c1-3-5-17-13-11(15)8-12(16)14(20-13)19-10(2)9-21-7-4-6-18-21/h4,6-8,10H,3,5,9H2,1-2H3,(H2,17,19,20). The van der Waals surface area contributed by atoms with Crippen LogP contribution in [-0.4, -0.2) is 27.4 Å². The zero-order chi connectivity index (χ0) is 15.2. The van der Waals surface area contributed by atoms with Gasteiger partial charge >= 0.3 is 0 Å². The van der Waals surface area contributed by atoms with Crippen LogP contribution in [0.1, 0.15) is 20.3 Å². The van der Waals surface area contributed by atoms with Gasteiger partial charge < -0.3 is 10.6 Å². The molecule has 21 heavy (non-hydrogen) atoms. The molecule has 0 aromatic carbocycles. The van der Waals surface area contributed by atoms with E-state index in [1.807, 2.05) is 26.1 Å². The van der Waals surface area contributed by atoms with Crippen LogP contribution in [0.3, 0.4) is 0 Å². The van der Waals surface area contributed by atoms with Crippen LogP contribution in [0.15, 0.2) is 24.5 Å². The first-order valence-electron chi connectivity index (χ1n) is 6.94. The van der Waals surface area contributed by atoms with Gasteiger partial charge in [-0.15, -0.1) is 0 Å². The molecule has 0 saturated heterocycles. The normalized spacial score (nSPS) is 12.2. The fraction of sp³-hybridized carbons (Fsp3) is 0.429. The number of aromatic nitrogens is 3. The average molecular weight is 295 g/mol. The number of anilines is 2. The first-order valence-corrected chi connectivity index (χ1v) is 6.94. The molecule has 2 aromatic heterocycles. The minimum atomic E-state index is -0.707. The summed E-state index contributed by atoms with van der Waals surface area (Å²) in [5.74, 6) is -1.30. The molecule has 0 aliphatic rings. The Morgan fingerprint density at radius 3 is 2.71 bits per heavy atom. The van der Waals surface area contributed by atoms with Gasteiger partial charge in [0.1, 0.15) is 0 Å². The number of nitrogens with one attached hydrogen (secondary N) is 2. The highest BCUT2D eigenvalue weighted by atomic mass is 19.1. The van der Waals surface area contributed by atoms with Gasteiger partial charge in [-0.2, -0.15) is 5.10 Å². The third-order valence-corrected chi connectivity index (χ3v) is 2.88. The van der Waals surface area contributed by atoms with Crippen molar-refractivity contribution in [2.24, 2.45) is 0 Å². The molecule has 0 fully saturated rings. The van der Waals surface area contributed by atoms with Gasteiger partial charge in [-0.1, -0.05) is 6.92 Å². The summed E-state index contributed by atoms with van der Waals surface area (Å²) in [6.07, 6.45) is 4.33. The van der Waals surface area contributed by atoms with Gasteiger partial charge in [0.25, 0.3) is 0 Å². The highest BCUT2D eigenvalue weighted by Crippen LogP contribution is 2.19. The molecule has 0 spiro atoms. The molecular formula is C14H19F2N5. The monoisotopic (exact) mass is 295 g/mol. The molecule has 2 heterocycles. The fourth-order valence-electron chi connectivity index (χ4n) is 1.90. The van der Waals surface area contributed by atoms with Gasteiger partial charge in [0, 0.05) is 31.0 Å². The van der Waals surface area contributed by atoms with Crippen LogP contribution in [0.5, 0.6) is 0 Å². The molecule has 2 N–H and O–H groups in total. The van der Waals surface area contributed by atoms with Crippen LogP contribution in [-0.2, 0) is 6.54 Å². The van der Waals surface area contributed by atoms with Crippen molar-refractivity contribution in [3.63, 3.8) is 0 Å². The summed E-state index contributed by atoms with van der Waals surface area (Å²) in [6, 6.07) is 2.56. The van der Waals surface area contributed by atoms with Crippen molar-refractivity contribution in [2.45, 2.75) is 32.9 Å². The minimum absolute atomic E-state index is 0.0367. The second kappa shape index (κ2) is 7.01. The van der Waals surface area contributed by atoms with E-state index in [0.29, 0.717) is 13.1 Å². The average Bonchev–Trinajstić information content (AvgIpc) is 2.93. The molecule has 1 unspecified atom stereocenters. The van der Waals surface area contributed by atoms with Crippen molar-refractivity contribution >= 4 is 11.6 Å².